The maximum Gasteiger partial charge on any atom is 0.103 e. The van der Waals surface area contributed by atoms with Crippen molar-refractivity contribution in [2.75, 3.05) is 0 Å². The molecule has 3 heteroatoms. The topological polar surface area (TPSA) is 28.7 Å². The summed E-state index contributed by atoms with van der Waals surface area (Å²) in [5.41, 5.74) is 1.06. The summed E-state index contributed by atoms with van der Waals surface area (Å²) < 4.78 is 0. The van der Waals surface area contributed by atoms with Crippen LogP contribution in [0.1, 0.15) is 11.5 Å². The zero-order valence-corrected chi connectivity index (χ0v) is 6.74. The number of aromatic amines is 1. The van der Waals surface area contributed by atoms with Crippen LogP contribution in [0.15, 0.2) is 18.9 Å². The van der Waals surface area contributed by atoms with Crippen LogP contribution in [-0.2, 0) is 6.42 Å². The van der Waals surface area contributed by atoms with Crippen molar-refractivity contribution in [1.29, 1.82) is 0 Å². The Morgan fingerprint density at radius 1 is 1.80 bits per heavy atom. The number of H-pyrrole nitrogens is 1. The van der Waals surface area contributed by atoms with Gasteiger partial charge in [0.25, 0.3) is 0 Å². The second kappa shape index (κ2) is 4.12. The van der Waals surface area contributed by atoms with Crippen LogP contribution < -0.4 is 0 Å². The molecule has 1 aromatic rings. The molecule has 0 aliphatic rings. The third-order valence-corrected chi connectivity index (χ3v) is 1.11. The lowest BCUT2D eigenvalue weighted by molar-refractivity contribution is 1.09. The van der Waals surface area contributed by atoms with Gasteiger partial charge in [-0.25, -0.2) is 4.98 Å². The first-order valence-electron chi connectivity index (χ1n) is 2.94. The minimum atomic E-state index is 0. The molecule has 0 fully saturated rings. The van der Waals surface area contributed by atoms with Crippen molar-refractivity contribution in [3.63, 3.8) is 0 Å². The van der Waals surface area contributed by atoms with E-state index in [1.54, 1.807) is 0 Å². The van der Waals surface area contributed by atoms with Crippen molar-refractivity contribution in [1.82, 2.24) is 9.97 Å². The van der Waals surface area contributed by atoms with Gasteiger partial charge < -0.3 is 4.98 Å². The third kappa shape index (κ3) is 2.23. The van der Waals surface area contributed by atoms with Crippen molar-refractivity contribution in [3.05, 3.63) is 30.4 Å². The van der Waals surface area contributed by atoms with Gasteiger partial charge in [-0.2, -0.15) is 0 Å². The summed E-state index contributed by atoms with van der Waals surface area (Å²) >= 11 is 0. The molecule has 0 unspecified atom stereocenters. The molecule has 1 aromatic heterocycles. The van der Waals surface area contributed by atoms with Crippen molar-refractivity contribution < 1.29 is 0 Å². The largest absolute Gasteiger partial charge is 0.349 e. The summed E-state index contributed by atoms with van der Waals surface area (Å²) in [5.74, 6) is 0.965. The lowest BCUT2D eigenvalue weighted by Gasteiger charge is -1.81. The first kappa shape index (κ1) is 9.24. The van der Waals surface area contributed by atoms with Gasteiger partial charge in [-0.05, 0) is 6.92 Å². The zero-order chi connectivity index (χ0) is 6.69. The van der Waals surface area contributed by atoms with E-state index >= 15 is 0 Å². The maximum atomic E-state index is 4.17. The number of rotatable bonds is 2. The van der Waals surface area contributed by atoms with E-state index in [9.17, 15) is 0 Å². The number of halogens is 1. The molecule has 0 aliphatic carbocycles. The molecule has 1 N–H and O–H groups in total. The van der Waals surface area contributed by atoms with E-state index in [4.69, 9.17) is 0 Å². The average molecular weight is 159 g/mol. The van der Waals surface area contributed by atoms with Gasteiger partial charge in [-0.1, -0.05) is 6.08 Å². The van der Waals surface area contributed by atoms with E-state index in [1.807, 2.05) is 19.2 Å². The van der Waals surface area contributed by atoms with Gasteiger partial charge in [0.1, 0.15) is 5.82 Å². The number of nitrogens with zero attached hydrogens (tertiary/aromatic N) is 1. The van der Waals surface area contributed by atoms with Gasteiger partial charge in [0, 0.05) is 12.6 Å². The number of nitrogens with one attached hydrogen (secondary N) is 1. The lowest BCUT2D eigenvalue weighted by atomic mass is 10.3. The third-order valence-electron chi connectivity index (χ3n) is 1.11. The molecular formula is C7H11ClN2. The Hall–Kier alpha value is -0.760. The Kier molecular flexibility index (Phi) is 3.81. The Bertz CT molecular complexity index is 205. The molecule has 1 heterocycles. The smallest absolute Gasteiger partial charge is 0.103 e. The van der Waals surface area contributed by atoms with E-state index in [0.29, 0.717) is 0 Å². The quantitative estimate of drug-likeness (QED) is 0.655. The van der Waals surface area contributed by atoms with Crippen LogP contribution in [0.5, 0.6) is 0 Å². The van der Waals surface area contributed by atoms with Gasteiger partial charge in [0.05, 0.1) is 5.69 Å². The summed E-state index contributed by atoms with van der Waals surface area (Å²) in [6.07, 6.45) is 4.59. The predicted octanol–water partition coefficient (Wildman–Crippen LogP) is 1.87. The summed E-state index contributed by atoms with van der Waals surface area (Å²) in [7, 11) is 0. The number of allylic oxidation sites excluding steroid dienone is 1. The number of imidazole rings is 1. The number of aryl methyl sites for hydroxylation is 1. The van der Waals surface area contributed by atoms with E-state index < -0.39 is 0 Å². The molecule has 0 radical (unpaired) electrons. The summed E-state index contributed by atoms with van der Waals surface area (Å²) in [4.78, 5) is 7.17. The molecule has 0 spiro atoms. The van der Waals surface area contributed by atoms with Crippen molar-refractivity contribution in [3.8, 4) is 0 Å². The fraction of sp³-hybridized carbons (Fsp3) is 0.286. The summed E-state index contributed by atoms with van der Waals surface area (Å²) in [6.45, 7) is 5.55. The van der Waals surface area contributed by atoms with E-state index in [0.717, 1.165) is 17.9 Å². The Morgan fingerprint density at radius 3 is 2.90 bits per heavy atom. The summed E-state index contributed by atoms with van der Waals surface area (Å²) in [5, 5.41) is 0. The maximum absolute atomic E-state index is 4.17. The molecule has 0 aromatic carbocycles. The Morgan fingerprint density at radius 2 is 2.50 bits per heavy atom. The van der Waals surface area contributed by atoms with E-state index in [1.165, 1.54) is 0 Å². The fourth-order valence-electron chi connectivity index (χ4n) is 0.720. The van der Waals surface area contributed by atoms with Gasteiger partial charge >= 0.3 is 0 Å². The van der Waals surface area contributed by atoms with Gasteiger partial charge in [0.15, 0.2) is 0 Å². The Labute approximate surface area is 66.8 Å². The normalized spacial score (nSPS) is 8.50. The minimum absolute atomic E-state index is 0. The van der Waals surface area contributed by atoms with E-state index in [-0.39, 0.29) is 12.4 Å². The molecular weight excluding hydrogens is 148 g/mol. The Balaban J connectivity index is 0.000000810. The van der Waals surface area contributed by atoms with E-state index in [2.05, 4.69) is 16.5 Å². The number of hydrogen-bond donors (Lipinski definition) is 1. The highest BCUT2D eigenvalue weighted by Crippen LogP contribution is 1.95. The van der Waals surface area contributed by atoms with Gasteiger partial charge in [-0.15, -0.1) is 19.0 Å². The highest BCUT2D eigenvalue weighted by atomic mass is 35.5. The second-order valence-corrected chi connectivity index (χ2v) is 1.97. The van der Waals surface area contributed by atoms with Crippen LogP contribution in [0.4, 0.5) is 0 Å². The standard InChI is InChI=1S/C7H10N2.ClH/c1-3-4-7-5-8-6(2)9-7;/h3,5H,1,4H2,2H3,(H,8,9);1H. The lowest BCUT2D eigenvalue weighted by Crippen LogP contribution is -1.78. The van der Waals surface area contributed by atoms with Crippen LogP contribution in [-0.4, -0.2) is 9.97 Å². The first-order valence-corrected chi connectivity index (χ1v) is 2.94. The molecule has 0 saturated carbocycles. The molecule has 0 aliphatic heterocycles. The summed E-state index contributed by atoms with van der Waals surface area (Å²) in [6, 6.07) is 0. The van der Waals surface area contributed by atoms with Crippen molar-refractivity contribution >= 4 is 12.4 Å². The molecule has 0 saturated heterocycles. The van der Waals surface area contributed by atoms with Crippen LogP contribution in [0, 0.1) is 6.92 Å². The number of aromatic nitrogens is 2. The molecule has 10 heavy (non-hydrogen) atoms. The zero-order valence-electron chi connectivity index (χ0n) is 5.92. The van der Waals surface area contributed by atoms with Crippen LogP contribution in [0.2, 0.25) is 0 Å². The second-order valence-electron chi connectivity index (χ2n) is 1.97. The molecule has 0 atom stereocenters. The van der Waals surface area contributed by atoms with Crippen LogP contribution in [0.3, 0.4) is 0 Å². The molecule has 0 bridgehead atoms. The first-order chi connectivity index (χ1) is 4.33. The van der Waals surface area contributed by atoms with Gasteiger partial charge in [-0.3, -0.25) is 0 Å². The highest BCUT2D eigenvalue weighted by molar-refractivity contribution is 5.85. The fourth-order valence-corrected chi connectivity index (χ4v) is 0.720. The van der Waals surface area contributed by atoms with Crippen LogP contribution >= 0.6 is 12.4 Å². The minimum Gasteiger partial charge on any atom is -0.349 e. The van der Waals surface area contributed by atoms with Crippen molar-refractivity contribution in [2.24, 2.45) is 0 Å². The highest BCUT2D eigenvalue weighted by Gasteiger charge is 1.91. The molecule has 2 nitrogen and oxygen atoms in total. The van der Waals surface area contributed by atoms with Gasteiger partial charge in [0.2, 0.25) is 0 Å². The molecule has 56 valence electrons. The monoisotopic (exact) mass is 158 g/mol. The molecule has 0 amide bonds. The average Bonchev–Trinajstić information content (AvgIpc) is 2.17. The molecule has 1 rings (SSSR count). The van der Waals surface area contributed by atoms with Crippen LogP contribution in [0.25, 0.3) is 0 Å². The SMILES string of the molecule is C=CCc1c[nH]c(C)n1.Cl. The van der Waals surface area contributed by atoms with Crippen molar-refractivity contribution in [2.45, 2.75) is 13.3 Å². The predicted molar refractivity (Wildman–Crippen MR) is 44.5 cm³/mol. The number of hydrogen-bond acceptors (Lipinski definition) is 1.